The zero-order valence-electron chi connectivity index (χ0n) is 9.39. The van der Waals surface area contributed by atoms with Crippen molar-refractivity contribution in [1.29, 1.82) is 0 Å². The fourth-order valence-corrected chi connectivity index (χ4v) is 0.962. The summed E-state index contributed by atoms with van der Waals surface area (Å²) in [4.78, 5) is 2.34. The smallest absolute Gasteiger partial charge is 0.0227 e. The normalized spacial score (nSPS) is 12.9. The van der Waals surface area contributed by atoms with Gasteiger partial charge in [0.1, 0.15) is 0 Å². The van der Waals surface area contributed by atoms with Crippen molar-refractivity contribution in [3.63, 3.8) is 0 Å². The highest BCUT2D eigenvalue weighted by atomic mass is 15.1. The largest absolute Gasteiger partial charge is 0.376 e. The van der Waals surface area contributed by atoms with Gasteiger partial charge >= 0.3 is 0 Å². The van der Waals surface area contributed by atoms with Crippen LogP contribution in [0.1, 0.15) is 41.5 Å². The molecule has 0 saturated carbocycles. The molecule has 1 heteroatoms. The Hall–Kier alpha value is -0.460. The number of allylic oxidation sites excluding steroid dienone is 1. The van der Waals surface area contributed by atoms with Crippen LogP contribution in [0.5, 0.6) is 0 Å². The first kappa shape index (κ1) is 11.5. The Bertz CT molecular complexity index is 140. The van der Waals surface area contributed by atoms with Gasteiger partial charge in [0.2, 0.25) is 0 Å². The lowest BCUT2D eigenvalue weighted by molar-refractivity contribution is 0.322. The molecule has 0 N–H and O–H groups in total. The average Bonchev–Trinajstić information content (AvgIpc) is 1.85. The minimum Gasteiger partial charge on any atom is -0.376 e. The van der Waals surface area contributed by atoms with Crippen LogP contribution in [0.25, 0.3) is 0 Å². The van der Waals surface area contributed by atoms with Crippen LogP contribution in [-0.2, 0) is 0 Å². The molecular formula is C11H23N. The minimum atomic E-state index is 0.294. The second kappa shape index (κ2) is 4.54. The van der Waals surface area contributed by atoms with E-state index >= 15 is 0 Å². The predicted octanol–water partition coefficient (Wildman–Crippen LogP) is 3.28. The molecule has 0 atom stereocenters. The number of hydrogen-bond acceptors (Lipinski definition) is 1. The third kappa shape index (κ3) is 5.22. The first-order valence-electron chi connectivity index (χ1n) is 4.82. The molecule has 0 unspecified atom stereocenters. The molecular weight excluding hydrogens is 146 g/mol. The molecule has 0 saturated heterocycles. The molecule has 0 amide bonds. The van der Waals surface area contributed by atoms with Gasteiger partial charge in [-0.15, -0.1) is 0 Å². The lowest BCUT2D eigenvalue weighted by atomic mass is 9.97. The molecule has 0 aromatic rings. The fraction of sp³-hybridized carbons (Fsp3) is 0.818. The minimum absolute atomic E-state index is 0.294. The summed E-state index contributed by atoms with van der Waals surface area (Å²) in [5.41, 5.74) is 0.294. The lowest BCUT2D eigenvalue weighted by Gasteiger charge is -2.24. The van der Waals surface area contributed by atoms with E-state index in [4.69, 9.17) is 0 Å². The maximum Gasteiger partial charge on any atom is 0.0227 e. The summed E-state index contributed by atoms with van der Waals surface area (Å²) in [5.74, 6) is 0. The van der Waals surface area contributed by atoms with Crippen LogP contribution >= 0.6 is 0 Å². The Morgan fingerprint density at radius 1 is 1.25 bits per heavy atom. The van der Waals surface area contributed by atoms with Crippen LogP contribution in [-0.4, -0.2) is 17.5 Å². The Labute approximate surface area is 77.5 Å². The fourth-order valence-electron chi connectivity index (χ4n) is 0.962. The second-order valence-electron chi connectivity index (χ2n) is 4.61. The van der Waals surface area contributed by atoms with Crippen LogP contribution in [0.3, 0.4) is 0 Å². The number of nitrogens with zero attached hydrogens (tertiary/aromatic N) is 1. The Balaban J connectivity index is 4.11. The van der Waals surface area contributed by atoms with Crippen LogP contribution < -0.4 is 0 Å². The van der Waals surface area contributed by atoms with E-state index in [1.54, 1.807) is 0 Å². The third-order valence-corrected chi connectivity index (χ3v) is 1.79. The summed E-state index contributed by atoms with van der Waals surface area (Å²) < 4.78 is 0. The van der Waals surface area contributed by atoms with Gasteiger partial charge in [-0.25, -0.2) is 0 Å². The van der Waals surface area contributed by atoms with Crippen molar-refractivity contribution in [2.45, 2.75) is 47.6 Å². The van der Waals surface area contributed by atoms with Crippen molar-refractivity contribution in [2.24, 2.45) is 5.41 Å². The number of rotatable bonds is 3. The second-order valence-corrected chi connectivity index (χ2v) is 4.61. The Morgan fingerprint density at radius 3 is 2.00 bits per heavy atom. The van der Waals surface area contributed by atoms with E-state index in [0.717, 1.165) is 6.54 Å². The molecule has 1 nitrogen and oxygen atoms in total. The Morgan fingerprint density at radius 2 is 1.75 bits per heavy atom. The zero-order valence-corrected chi connectivity index (χ0v) is 9.39. The van der Waals surface area contributed by atoms with Crippen LogP contribution in [0.4, 0.5) is 0 Å². The van der Waals surface area contributed by atoms with Crippen molar-refractivity contribution in [2.75, 3.05) is 6.54 Å². The average molecular weight is 169 g/mol. The van der Waals surface area contributed by atoms with Crippen molar-refractivity contribution in [1.82, 2.24) is 4.90 Å². The zero-order chi connectivity index (χ0) is 9.78. The summed E-state index contributed by atoms with van der Waals surface area (Å²) in [6.45, 7) is 14.4. The molecule has 0 aromatic carbocycles. The first-order valence-corrected chi connectivity index (χ1v) is 4.82. The van der Waals surface area contributed by atoms with E-state index in [9.17, 15) is 0 Å². The molecule has 0 bridgehead atoms. The van der Waals surface area contributed by atoms with Crippen molar-refractivity contribution in [3.8, 4) is 0 Å². The van der Waals surface area contributed by atoms with Gasteiger partial charge in [0.05, 0.1) is 0 Å². The lowest BCUT2D eigenvalue weighted by Crippen LogP contribution is -2.25. The molecule has 0 aliphatic rings. The molecule has 0 aliphatic carbocycles. The van der Waals surface area contributed by atoms with E-state index in [0.29, 0.717) is 11.5 Å². The molecule has 72 valence electrons. The molecule has 0 rings (SSSR count). The van der Waals surface area contributed by atoms with Gasteiger partial charge < -0.3 is 4.90 Å². The highest BCUT2D eigenvalue weighted by Gasteiger charge is 2.06. The molecule has 0 aliphatic heterocycles. The molecule has 0 radical (unpaired) electrons. The summed E-state index contributed by atoms with van der Waals surface area (Å²) in [7, 11) is 0. The highest BCUT2D eigenvalue weighted by molar-refractivity contribution is 4.92. The van der Waals surface area contributed by atoms with Gasteiger partial charge in [-0.1, -0.05) is 26.8 Å². The molecule has 0 heterocycles. The topological polar surface area (TPSA) is 3.24 Å². The molecule has 12 heavy (non-hydrogen) atoms. The maximum atomic E-state index is 2.34. The maximum absolute atomic E-state index is 2.34. The van der Waals surface area contributed by atoms with E-state index in [1.165, 1.54) is 0 Å². The van der Waals surface area contributed by atoms with Crippen molar-refractivity contribution < 1.29 is 0 Å². The van der Waals surface area contributed by atoms with E-state index in [-0.39, 0.29) is 0 Å². The summed E-state index contributed by atoms with van der Waals surface area (Å²) in [5, 5.41) is 0. The van der Waals surface area contributed by atoms with Gasteiger partial charge in [0.25, 0.3) is 0 Å². The van der Waals surface area contributed by atoms with Crippen LogP contribution in [0.15, 0.2) is 12.3 Å². The molecule has 0 fully saturated rings. The third-order valence-electron chi connectivity index (χ3n) is 1.79. The van der Waals surface area contributed by atoms with E-state index < -0.39 is 0 Å². The van der Waals surface area contributed by atoms with Crippen LogP contribution in [0.2, 0.25) is 0 Å². The van der Waals surface area contributed by atoms with Gasteiger partial charge in [-0.05, 0) is 32.4 Å². The SMILES string of the molecule is CCN(/C=C\C(C)(C)C)C(C)C. The van der Waals surface area contributed by atoms with Crippen LogP contribution in [0, 0.1) is 5.41 Å². The van der Waals surface area contributed by atoms with Crippen molar-refractivity contribution >= 4 is 0 Å². The Kier molecular flexibility index (Phi) is 4.36. The van der Waals surface area contributed by atoms with Crippen molar-refractivity contribution in [3.05, 3.63) is 12.3 Å². The predicted molar refractivity (Wildman–Crippen MR) is 56.1 cm³/mol. The monoisotopic (exact) mass is 169 g/mol. The summed E-state index contributed by atoms with van der Waals surface area (Å²) >= 11 is 0. The quantitative estimate of drug-likeness (QED) is 0.626. The number of hydrogen-bond donors (Lipinski definition) is 0. The standard InChI is InChI=1S/C11H23N/c1-7-12(10(2)3)9-8-11(4,5)6/h8-10H,7H2,1-6H3/b9-8-. The van der Waals surface area contributed by atoms with Gasteiger partial charge in [-0.3, -0.25) is 0 Å². The summed E-state index contributed by atoms with van der Waals surface area (Å²) in [6.07, 6.45) is 4.47. The molecule has 0 spiro atoms. The summed E-state index contributed by atoms with van der Waals surface area (Å²) in [6, 6.07) is 0.605. The first-order chi connectivity index (χ1) is 5.37. The molecule has 0 aromatic heterocycles. The van der Waals surface area contributed by atoms with Gasteiger partial charge in [0, 0.05) is 12.6 Å². The van der Waals surface area contributed by atoms with E-state index in [2.05, 4.69) is 58.7 Å². The highest BCUT2D eigenvalue weighted by Crippen LogP contribution is 2.15. The van der Waals surface area contributed by atoms with Gasteiger partial charge in [-0.2, -0.15) is 0 Å². The van der Waals surface area contributed by atoms with E-state index in [1.807, 2.05) is 0 Å². The van der Waals surface area contributed by atoms with Gasteiger partial charge in [0.15, 0.2) is 0 Å².